The number of pyridine rings is 1. The van der Waals surface area contributed by atoms with E-state index in [4.69, 9.17) is 9.47 Å². The number of amides is 2. The van der Waals surface area contributed by atoms with Gasteiger partial charge in [-0.3, -0.25) is 14.6 Å². The fourth-order valence-corrected chi connectivity index (χ4v) is 3.80. The van der Waals surface area contributed by atoms with Crippen LogP contribution in [0.4, 0.5) is 15.8 Å². The summed E-state index contributed by atoms with van der Waals surface area (Å²) >= 11 is 0. The summed E-state index contributed by atoms with van der Waals surface area (Å²) in [6.45, 7) is 4.00. The third kappa shape index (κ3) is 5.53. The lowest BCUT2D eigenvalue weighted by atomic mass is 10.0. The van der Waals surface area contributed by atoms with Gasteiger partial charge in [0.1, 0.15) is 16.9 Å². The summed E-state index contributed by atoms with van der Waals surface area (Å²) in [5.41, 5.74) is 0.349. The molecule has 7 nitrogen and oxygen atoms in total. The highest BCUT2D eigenvalue weighted by atomic mass is 19.1. The molecule has 190 valence electrons. The smallest absolute Gasteiger partial charge is 0.240 e. The summed E-state index contributed by atoms with van der Waals surface area (Å²) in [6.07, 6.45) is 2.43. The van der Waals surface area contributed by atoms with Crippen LogP contribution < -0.4 is 20.1 Å². The van der Waals surface area contributed by atoms with Crippen LogP contribution in [0.15, 0.2) is 79.0 Å². The number of ether oxygens (including phenoxy) is 2. The minimum atomic E-state index is -1.15. The zero-order valence-corrected chi connectivity index (χ0v) is 20.9. The summed E-state index contributed by atoms with van der Waals surface area (Å²) in [7, 11) is 1.57. The molecule has 0 atom stereocenters. The van der Waals surface area contributed by atoms with Crippen molar-refractivity contribution in [2.75, 3.05) is 17.7 Å². The van der Waals surface area contributed by atoms with Gasteiger partial charge in [-0.2, -0.15) is 0 Å². The van der Waals surface area contributed by atoms with Gasteiger partial charge < -0.3 is 20.1 Å². The number of carbonyl (C=O) groups is 2. The molecule has 1 saturated carbocycles. The van der Waals surface area contributed by atoms with Crippen molar-refractivity contribution in [2.24, 2.45) is 5.41 Å². The van der Waals surface area contributed by atoms with E-state index in [1.807, 2.05) is 19.9 Å². The Kier molecular flexibility index (Phi) is 7.67. The molecule has 1 fully saturated rings. The molecule has 0 radical (unpaired) electrons. The van der Waals surface area contributed by atoms with Crippen LogP contribution in [-0.4, -0.2) is 23.9 Å². The van der Waals surface area contributed by atoms with Gasteiger partial charge in [0.05, 0.1) is 12.6 Å². The maximum Gasteiger partial charge on any atom is 0.240 e. The second-order valence-corrected chi connectivity index (χ2v) is 8.30. The summed E-state index contributed by atoms with van der Waals surface area (Å²) < 4.78 is 25.9. The van der Waals surface area contributed by atoms with Crippen molar-refractivity contribution < 1.29 is 23.5 Å². The number of nitrogens with one attached hydrogen (secondary N) is 2. The van der Waals surface area contributed by atoms with Crippen molar-refractivity contribution in [2.45, 2.75) is 26.7 Å². The number of benzene rings is 3. The Labute approximate surface area is 214 Å². The molecule has 1 aromatic heterocycles. The summed E-state index contributed by atoms with van der Waals surface area (Å²) in [5.74, 6) is -0.410. The molecule has 1 heterocycles. The third-order valence-electron chi connectivity index (χ3n) is 5.97. The van der Waals surface area contributed by atoms with Crippen molar-refractivity contribution in [1.82, 2.24) is 4.98 Å². The molecule has 1 aliphatic carbocycles. The minimum Gasteiger partial charge on any atom is -0.497 e. The van der Waals surface area contributed by atoms with Gasteiger partial charge in [-0.15, -0.1) is 0 Å². The number of nitrogens with zero attached hydrogens (tertiary/aromatic N) is 1. The summed E-state index contributed by atoms with van der Waals surface area (Å²) in [4.78, 5) is 29.9. The van der Waals surface area contributed by atoms with Crippen molar-refractivity contribution in [3.63, 3.8) is 0 Å². The number of methoxy groups -OCH3 is 1. The van der Waals surface area contributed by atoms with E-state index in [1.54, 1.807) is 61.8 Å². The fraction of sp³-hybridized carbons (Fsp3) is 0.207. The molecule has 8 heteroatoms. The monoisotopic (exact) mass is 501 g/mol. The van der Waals surface area contributed by atoms with Crippen molar-refractivity contribution in [1.29, 1.82) is 0 Å². The molecule has 3 aromatic carbocycles. The number of para-hydroxylation sites is 1. The first kappa shape index (κ1) is 25.6. The van der Waals surface area contributed by atoms with Gasteiger partial charge in [-0.05, 0) is 55.3 Å². The minimum absolute atomic E-state index is 0.00530. The van der Waals surface area contributed by atoms with Crippen LogP contribution >= 0.6 is 0 Å². The highest BCUT2D eigenvalue weighted by molar-refractivity contribution is 6.16. The van der Waals surface area contributed by atoms with Crippen LogP contribution in [0, 0.1) is 11.2 Å². The average molecular weight is 502 g/mol. The van der Waals surface area contributed by atoms with E-state index in [0.717, 1.165) is 0 Å². The number of hydrogen-bond donors (Lipinski definition) is 2. The predicted molar refractivity (Wildman–Crippen MR) is 141 cm³/mol. The normalized spacial score (nSPS) is 13.1. The zero-order valence-electron chi connectivity index (χ0n) is 20.9. The van der Waals surface area contributed by atoms with Crippen LogP contribution in [0.5, 0.6) is 17.2 Å². The van der Waals surface area contributed by atoms with Gasteiger partial charge in [0.25, 0.3) is 0 Å². The molecule has 5 rings (SSSR count). The second-order valence-electron chi connectivity index (χ2n) is 8.30. The number of halogens is 1. The van der Waals surface area contributed by atoms with Crippen LogP contribution in [-0.2, 0) is 9.59 Å². The Bertz CT molecular complexity index is 1420. The Balaban J connectivity index is 0.00000156. The van der Waals surface area contributed by atoms with Crippen LogP contribution in [0.3, 0.4) is 0 Å². The molecule has 2 amide bonds. The van der Waals surface area contributed by atoms with E-state index in [0.29, 0.717) is 40.9 Å². The molecular weight excluding hydrogens is 473 g/mol. The number of carbonyl (C=O) groups excluding carboxylic acids is 2. The third-order valence-corrected chi connectivity index (χ3v) is 5.97. The summed E-state index contributed by atoms with van der Waals surface area (Å²) in [6, 6.07) is 20.1. The molecule has 2 N–H and O–H groups in total. The predicted octanol–water partition coefficient (Wildman–Crippen LogP) is 6.56. The Morgan fingerprint density at radius 3 is 2.22 bits per heavy atom. The molecule has 0 spiro atoms. The van der Waals surface area contributed by atoms with Gasteiger partial charge in [0, 0.05) is 35.1 Å². The molecule has 4 aromatic rings. The van der Waals surface area contributed by atoms with E-state index in [2.05, 4.69) is 15.6 Å². The number of rotatable bonds is 7. The molecular formula is C29H28FN3O4. The van der Waals surface area contributed by atoms with E-state index >= 15 is 0 Å². The Morgan fingerprint density at radius 2 is 1.57 bits per heavy atom. The van der Waals surface area contributed by atoms with Gasteiger partial charge >= 0.3 is 0 Å². The lowest BCUT2D eigenvalue weighted by Gasteiger charge is -2.16. The number of fused-ring (bicyclic) bond motifs is 1. The van der Waals surface area contributed by atoms with E-state index in [1.165, 1.54) is 18.2 Å². The SMILES string of the molecule is CC.COc1ccc2c(Oc3ccc(NC(=O)C4(C(=O)Nc5ccccc5)CC4)cc3F)ccnc2c1. The van der Waals surface area contributed by atoms with Crippen LogP contribution in [0.25, 0.3) is 10.9 Å². The number of aromatic nitrogens is 1. The lowest BCUT2D eigenvalue weighted by Crippen LogP contribution is -2.35. The van der Waals surface area contributed by atoms with Gasteiger partial charge in [-0.1, -0.05) is 32.0 Å². The van der Waals surface area contributed by atoms with E-state index < -0.39 is 17.1 Å². The highest BCUT2D eigenvalue weighted by Crippen LogP contribution is 2.47. The van der Waals surface area contributed by atoms with Crippen molar-refractivity contribution in [3.05, 3.63) is 84.8 Å². The molecule has 37 heavy (non-hydrogen) atoms. The standard InChI is InChI=1S/C27H22FN3O4.C2H6/c1-34-19-8-9-20-22(16-19)29-14-11-23(20)35-24-10-7-18(15-21(24)28)31-26(33)27(12-13-27)25(32)30-17-5-3-2-4-6-17;1-2/h2-11,14-16H,12-13H2,1H3,(H,30,32)(H,31,33);1-2H3. The van der Waals surface area contributed by atoms with Gasteiger partial charge in [-0.25, -0.2) is 4.39 Å². The van der Waals surface area contributed by atoms with Crippen molar-refractivity contribution in [3.8, 4) is 17.2 Å². The molecule has 1 aliphatic rings. The second kappa shape index (κ2) is 11.1. The molecule has 0 bridgehead atoms. The molecule has 0 aliphatic heterocycles. The van der Waals surface area contributed by atoms with E-state index in [-0.39, 0.29) is 17.3 Å². The first-order chi connectivity index (χ1) is 18.0. The topological polar surface area (TPSA) is 89.5 Å². The van der Waals surface area contributed by atoms with Gasteiger partial charge in [0.2, 0.25) is 11.8 Å². The molecule has 0 saturated heterocycles. The molecule has 0 unspecified atom stereocenters. The lowest BCUT2D eigenvalue weighted by molar-refractivity contribution is -0.131. The van der Waals surface area contributed by atoms with E-state index in [9.17, 15) is 14.0 Å². The fourth-order valence-electron chi connectivity index (χ4n) is 3.80. The average Bonchev–Trinajstić information content (AvgIpc) is 3.74. The van der Waals surface area contributed by atoms with Crippen LogP contribution in [0.1, 0.15) is 26.7 Å². The number of hydrogen-bond acceptors (Lipinski definition) is 5. The highest BCUT2D eigenvalue weighted by Gasteiger charge is 2.56. The largest absolute Gasteiger partial charge is 0.497 e. The maximum atomic E-state index is 14.9. The quantitative estimate of drug-likeness (QED) is 0.280. The Morgan fingerprint density at radius 1 is 0.865 bits per heavy atom. The Hall–Kier alpha value is -4.46. The van der Waals surface area contributed by atoms with Crippen molar-refractivity contribution >= 4 is 34.1 Å². The first-order valence-corrected chi connectivity index (χ1v) is 12.1. The maximum absolute atomic E-state index is 14.9. The summed E-state index contributed by atoms with van der Waals surface area (Å²) in [5, 5.41) is 6.14. The first-order valence-electron chi connectivity index (χ1n) is 12.1. The number of anilines is 2. The van der Waals surface area contributed by atoms with Crippen LogP contribution in [0.2, 0.25) is 0 Å². The zero-order chi connectivity index (χ0) is 26.4. The van der Waals surface area contributed by atoms with Gasteiger partial charge in [0.15, 0.2) is 11.6 Å².